The number of rotatable bonds is 3. The molecule has 4 nitrogen and oxygen atoms in total. The average molecular weight is 185 g/mol. The summed E-state index contributed by atoms with van der Waals surface area (Å²) in [6.45, 7) is 7.58. The molecule has 3 atom stereocenters. The minimum atomic E-state index is 0.354. The lowest BCUT2D eigenvalue weighted by atomic mass is 10.4. The van der Waals surface area contributed by atoms with E-state index in [1.165, 1.54) is 0 Å². The van der Waals surface area contributed by atoms with Crippen LogP contribution in [0.4, 0.5) is 0 Å². The molecule has 13 heavy (non-hydrogen) atoms. The number of epoxide rings is 1. The van der Waals surface area contributed by atoms with E-state index in [-0.39, 0.29) is 0 Å². The van der Waals surface area contributed by atoms with Crippen LogP contribution >= 0.6 is 0 Å². The first-order valence-corrected chi connectivity index (χ1v) is 5.01. The van der Waals surface area contributed by atoms with Crippen molar-refractivity contribution in [2.24, 2.45) is 0 Å². The molecule has 76 valence electrons. The Hall–Kier alpha value is -0.160. The molecule has 0 aromatic rings. The molecule has 0 radical (unpaired) electrons. The van der Waals surface area contributed by atoms with Crippen LogP contribution in [0, 0.1) is 0 Å². The quantitative estimate of drug-likeness (QED) is 0.621. The fourth-order valence-electron chi connectivity index (χ4n) is 1.94. The van der Waals surface area contributed by atoms with Gasteiger partial charge in [-0.05, 0) is 20.9 Å². The predicted molar refractivity (Wildman–Crippen MR) is 51.1 cm³/mol. The summed E-state index contributed by atoms with van der Waals surface area (Å²) in [5.74, 6) is 0. The van der Waals surface area contributed by atoms with Gasteiger partial charge in [0.2, 0.25) is 0 Å². The smallest absolute Gasteiger partial charge is 0.138 e. The second-order valence-corrected chi connectivity index (χ2v) is 4.07. The molecular formula is C9H19N3O. The molecule has 2 aliphatic rings. The predicted octanol–water partition coefficient (Wildman–Crippen LogP) is -0.128. The zero-order chi connectivity index (χ0) is 9.42. The van der Waals surface area contributed by atoms with E-state index < -0.39 is 0 Å². The first-order chi connectivity index (χ1) is 6.18. The Bertz CT molecular complexity index is 188. The summed E-state index contributed by atoms with van der Waals surface area (Å²) >= 11 is 0. The third-order valence-corrected chi connectivity index (χ3v) is 2.90. The maximum absolute atomic E-state index is 5.40. The Morgan fingerprint density at radius 3 is 2.69 bits per heavy atom. The van der Waals surface area contributed by atoms with Crippen molar-refractivity contribution in [1.29, 1.82) is 0 Å². The maximum Gasteiger partial charge on any atom is 0.138 e. The molecule has 2 rings (SSSR count). The lowest BCUT2D eigenvalue weighted by molar-refractivity contribution is 0.104. The average Bonchev–Trinajstić information content (AvgIpc) is 2.68. The monoisotopic (exact) mass is 185 g/mol. The highest BCUT2D eigenvalue weighted by atomic mass is 16.6. The number of nitrogens with zero attached hydrogens (tertiary/aromatic N) is 2. The van der Waals surface area contributed by atoms with E-state index in [1.54, 1.807) is 0 Å². The van der Waals surface area contributed by atoms with Crippen molar-refractivity contribution < 1.29 is 4.74 Å². The Balaban J connectivity index is 1.77. The summed E-state index contributed by atoms with van der Waals surface area (Å²) in [5.41, 5.74) is 0. The van der Waals surface area contributed by atoms with Gasteiger partial charge < -0.3 is 10.1 Å². The molecule has 0 spiro atoms. The van der Waals surface area contributed by atoms with E-state index in [4.69, 9.17) is 4.74 Å². The van der Waals surface area contributed by atoms with Crippen molar-refractivity contribution >= 4 is 0 Å². The van der Waals surface area contributed by atoms with Gasteiger partial charge >= 0.3 is 0 Å². The number of ether oxygens (including phenoxy) is 1. The van der Waals surface area contributed by atoms with E-state index in [1.807, 2.05) is 0 Å². The van der Waals surface area contributed by atoms with E-state index in [0.717, 1.165) is 19.8 Å². The highest BCUT2D eigenvalue weighted by Crippen LogP contribution is 2.24. The summed E-state index contributed by atoms with van der Waals surface area (Å²) in [7, 11) is 2.12. The summed E-state index contributed by atoms with van der Waals surface area (Å²) in [6, 6.07) is 0. The van der Waals surface area contributed by atoms with E-state index in [0.29, 0.717) is 18.5 Å². The van der Waals surface area contributed by atoms with Crippen LogP contribution < -0.4 is 5.32 Å². The third-order valence-electron chi connectivity index (χ3n) is 2.90. The molecule has 0 aromatic carbocycles. The fourth-order valence-corrected chi connectivity index (χ4v) is 1.94. The number of likely N-dealkylation sites (N-methyl/N-ethyl adjacent to an activating group) is 1. The fraction of sp³-hybridized carbons (Fsp3) is 1.00. The summed E-state index contributed by atoms with van der Waals surface area (Å²) in [5, 5.41) is 3.40. The number of hydrogen-bond acceptors (Lipinski definition) is 4. The van der Waals surface area contributed by atoms with Crippen LogP contribution in [0.15, 0.2) is 0 Å². The number of hydrogen-bond donors (Lipinski definition) is 1. The summed E-state index contributed by atoms with van der Waals surface area (Å²) in [6.07, 6.45) is 1.29. The molecular weight excluding hydrogens is 166 g/mol. The maximum atomic E-state index is 5.40. The van der Waals surface area contributed by atoms with Crippen molar-refractivity contribution in [2.75, 3.05) is 26.8 Å². The molecule has 1 N–H and O–H groups in total. The van der Waals surface area contributed by atoms with Crippen LogP contribution in [0.5, 0.6) is 0 Å². The van der Waals surface area contributed by atoms with Gasteiger partial charge in [0, 0.05) is 13.1 Å². The molecule has 4 heteroatoms. The molecule has 0 amide bonds. The summed E-state index contributed by atoms with van der Waals surface area (Å²) < 4.78 is 5.40. The number of nitrogens with one attached hydrogen (secondary N) is 1. The highest BCUT2D eigenvalue weighted by Gasteiger charge is 2.38. The molecule has 2 saturated heterocycles. The van der Waals surface area contributed by atoms with Crippen molar-refractivity contribution in [3.8, 4) is 0 Å². The molecule has 0 aromatic heterocycles. The second-order valence-electron chi connectivity index (χ2n) is 4.07. The van der Waals surface area contributed by atoms with E-state index in [9.17, 15) is 0 Å². The van der Waals surface area contributed by atoms with Crippen LogP contribution in [0.1, 0.15) is 13.8 Å². The van der Waals surface area contributed by atoms with Gasteiger partial charge in [-0.15, -0.1) is 0 Å². The summed E-state index contributed by atoms with van der Waals surface area (Å²) in [4.78, 5) is 4.70. The Labute approximate surface area is 79.8 Å². The molecule has 0 bridgehead atoms. The van der Waals surface area contributed by atoms with Crippen molar-refractivity contribution in [2.45, 2.75) is 32.3 Å². The minimum absolute atomic E-state index is 0.354. The third kappa shape index (κ3) is 2.02. The minimum Gasteiger partial charge on any atom is -0.353 e. The van der Waals surface area contributed by atoms with Gasteiger partial charge in [-0.25, -0.2) is 0 Å². The molecule has 0 saturated carbocycles. The molecule has 0 aliphatic carbocycles. The first-order valence-electron chi connectivity index (χ1n) is 5.01. The van der Waals surface area contributed by atoms with Gasteiger partial charge in [-0.1, -0.05) is 0 Å². The highest BCUT2D eigenvalue weighted by molar-refractivity contribution is 4.81. The molecule has 2 fully saturated rings. The van der Waals surface area contributed by atoms with Crippen molar-refractivity contribution in [3.05, 3.63) is 0 Å². The largest absolute Gasteiger partial charge is 0.353 e. The van der Waals surface area contributed by atoms with Crippen LogP contribution in [0.3, 0.4) is 0 Å². The van der Waals surface area contributed by atoms with Gasteiger partial charge in [-0.2, -0.15) is 0 Å². The standard InChI is InChI=1S/C9H19N3O/c1-7-9(13-7)11(3)6-12-5-4-10-8(12)2/h7-10H,4-6H2,1-3H3. The first kappa shape index (κ1) is 9.40. The van der Waals surface area contributed by atoms with Crippen LogP contribution in [-0.2, 0) is 4.74 Å². The molecule has 2 aliphatic heterocycles. The van der Waals surface area contributed by atoms with E-state index in [2.05, 4.69) is 36.0 Å². The zero-order valence-corrected chi connectivity index (χ0v) is 8.66. The van der Waals surface area contributed by atoms with Gasteiger partial charge in [0.1, 0.15) is 6.23 Å². The topological polar surface area (TPSA) is 31.0 Å². The van der Waals surface area contributed by atoms with Crippen molar-refractivity contribution in [1.82, 2.24) is 15.1 Å². The van der Waals surface area contributed by atoms with E-state index >= 15 is 0 Å². The van der Waals surface area contributed by atoms with Gasteiger partial charge in [-0.3, -0.25) is 9.80 Å². The second kappa shape index (κ2) is 3.53. The normalized spacial score (nSPS) is 40.2. The van der Waals surface area contributed by atoms with Crippen LogP contribution in [-0.4, -0.2) is 55.1 Å². The molecule has 2 heterocycles. The van der Waals surface area contributed by atoms with Gasteiger partial charge in [0.25, 0.3) is 0 Å². The lowest BCUT2D eigenvalue weighted by Crippen LogP contribution is -2.41. The Morgan fingerprint density at radius 2 is 2.23 bits per heavy atom. The van der Waals surface area contributed by atoms with Crippen molar-refractivity contribution in [3.63, 3.8) is 0 Å². The van der Waals surface area contributed by atoms with Gasteiger partial charge in [0.05, 0.1) is 18.9 Å². The Kier molecular flexibility index (Phi) is 2.55. The SMILES string of the molecule is CC1OC1N(C)CN1CCNC1C. The zero-order valence-electron chi connectivity index (χ0n) is 8.66. The molecule has 3 unspecified atom stereocenters. The Morgan fingerprint density at radius 1 is 1.54 bits per heavy atom. The van der Waals surface area contributed by atoms with Gasteiger partial charge in [0.15, 0.2) is 0 Å². The van der Waals surface area contributed by atoms with Crippen LogP contribution in [0.2, 0.25) is 0 Å². The van der Waals surface area contributed by atoms with Crippen LogP contribution in [0.25, 0.3) is 0 Å². The lowest BCUT2D eigenvalue weighted by Gasteiger charge is -2.25.